The summed E-state index contributed by atoms with van der Waals surface area (Å²) in [6.45, 7) is 0. The number of benzene rings is 2. The second kappa shape index (κ2) is 5.92. The van der Waals surface area contributed by atoms with E-state index in [4.69, 9.17) is 10.5 Å². The number of aromatic nitrogens is 2. The molecule has 0 fully saturated rings. The molecule has 24 heavy (non-hydrogen) atoms. The van der Waals surface area contributed by atoms with Gasteiger partial charge in [0.2, 0.25) is 0 Å². The third-order valence-electron chi connectivity index (χ3n) is 3.78. The van der Waals surface area contributed by atoms with Gasteiger partial charge in [-0.2, -0.15) is 5.53 Å². The highest BCUT2D eigenvalue weighted by Gasteiger charge is 2.08. The monoisotopic (exact) mass is 314 g/mol. The van der Waals surface area contributed by atoms with E-state index in [1.54, 1.807) is 0 Å². The van der Waals surface area contributed by atoms with Crippen molar-refractivity contribution in [2.75, 3.05) is 5.32 Å². The second-order valence-electron chi connectivity index (χ2n) is 5.31. The van der Waals surface area contributed by atoms with Crippen LogP contribution in [0.4, 0.5) is 11.5 Å². The molecule has 0 saturated carbocycles. The number of rotatable bonds is 4. The van der Waals surface area contributed by atoms with E-state index < -0.39 is 0 Å². The lowest BCUT2D eigenvalue weighted by atomic mass is 10.2. The van der Waals surface area contributed by atoms with Crippen LogP contribution in [-0.2, 0) is 0 Å². The predicted molar refractivity (Wildman–Crippen MR) is 95.2 cm³/mol. The first-order valence-corrected chi connectivity index (χ1v) is 7.48. The third kappa shape index (κ3) is 2.50. The summed E-state index contributed by atoms with van der Waals surface area (Å²) in [5, 5.41) is 9.99. The summed E-state index contributed by atoms with van der Waals surface area (Å²) in [6, 6.07) is 19.8. The summed E-state index contributed by atoms with van der Waals surface area (Å²) < 4.78 is 2.10. The molecule has 0 aliphatic heterocycles. The molecule has 0 bridgehead atoms. The fourth-order valence-corrected chi connectivity index (χ4v) is 2.72. The van der Waals surface area contributed by atoms with Crippen LogP contribution in [0.15, 0.2) is 77.2 Å². The Morgan fingerprint density at radius 2 is 1.88 bits per heavy atom. The molecular formula is C18H14N6. The van der Waals surface area contributed by atoms with Crippen molar-refractivity contribution in [3.63, 3.8) is 0 Å². The van der Waals surface area contributed by atoms with Crippen LogP contribution in [-0.4, -0.2) is 15.6 Å². The van der Waals surface area contributed by atoms with Gasteiger partial charge in [0.1, 0.15) is 0 Å². The summed E-state index contributed by atoms with van der Waals surface area (Å²) in [5.41, 5.74) is 11.4. The lowest BCUT2D eigenvalue weighted by Crippen LogP contribution is -1.99. The standard InChI is InChI=1S/C18H14N6/c19-23-20-12-13-8-9-16-15(11-13)22-18(17-7-4-10-24(16)17)21-14-5-2-1-3-6-14/h1-12,19H,(H,21,22). The van der Waals surface area contributed by atoms with Gasteiger partial charge in [-0.25, -0.2) is 4.98 Å². The molecule has 116 valence electrons. The Hall–Kier alpha value is -3.54. The lowest BCUT2D eigenvalue weighted by molar-refractivity contribution is 0.996. The van der Waals surface area contributed by atoms with Crippen molar-refractivity contribution in [2.24, 2.45) is 10.3 Å². The van der Waals surface area contributed by atoms with E-state index in [1.807, 2.05) is 66.9 Å². The van der Waals surface area contributed by atoms with Crippen molar-refractivity contribution >= 4 is 34.3 Å². The molecular weight excluding hydrogens is 300 g/mol. The van der Waals surface area contributed by atoms with Gasteiger partial charge in [-0.1, -0.05) is 29.5 Å². The summed E-state index contributed by atoms with van der Waals surface area (Å²) >= 11 is 0. The zero-order valence-electron chi connectivity index (χ0n) is 12.7. The van der Waals surface area contributed by atoms with Crippen LogP contribution in [0, 0.1) is 5.53 Å². The topological polar surface area (TPSA) is 77.9 Å². The van der Waals surface area contributed by atoms with E-state index >= 15 is 0 Å². The molecule has 0 aliphatic carbocycles. The Bertz CT molecular complexity index is 1050. The molecule has 4 rings (SSSR count). The zero-order chi connectivity index (χ0) is 16.4. The first-order chi connectivity index (χ1) is 11.8. The van der Waals surface area contributed by atoms with Crippen LogP contribution in [0.25, 0.3) is 16.6 Å². The van der Waals surface area contributed by atoms with Crippen molar-refractivity contribution in [3.05, 3.63) is 72.4 Å². The molecule has 2 heterocycles. The first-order valence-electron chi connectivity index (χ1n) is 7.48. The molecule has 2 aromatic carbocycles. The highest BCUT2D eigenvalue weighted by atomic mass is 15.3. The van der Waals surface area contributed by atoms with Crippen molar-refractivity contribution in [1.29, 1.82) is 5.53 Å². The zero-order valence-corrected chi connectivity index (χ0v) is 12.7. The molecule has 0 atom stereocenters. The van der Waals surface area contributed by atoms with Crippen LogP contribution >= 0.6 is 0 Å². The van der Waals surface area contributed by atoms with Gasteiger partial charge in [0.25, 0.3) is 0 Å². The summed E-state index contributed by atoms with van der Waals surface area (Å²) in [4.78, 5) is 4.77. The van der Waals surface area contributed by atoms with Crippen LogP contribution < -0.4 is 5.32 Å². The summed E-state index contributed by atoms with van der Waals surface area (Å²) in [6.07, 6.45) is 3.56. The van der Waals surface area contributed by atoms with E-state index in [0.717, 1.165) is 33.6 Å². The van der Waals surface area contributed by atoms with E-state index in [2.05, 4.69) is 20.0 Å². The molecule has 4 aromatic rings. The molecule has 6 heteroatoms. The number of para-hydroxylation sites is 1. The molecule has 0 saturated heterocycles. The molecule has 6 nitrogen and oxygen atoms in total. The summed E-state index contributed by atoms with van der Waals surface area (Å²) in [7, 11) is 0. The number of nitrogens with zero attached hydrogens (tertiary/aromatic N) is 4. The van der Waals surface area contributed by atoms with Gasteiger partial charge < -0.3 is 9.72 Å². The van der Waals surface area contributed by atoms with Gasteiger partial charge in [-0.15, -0.1) is 5.10 Å². The fourth-order valence-electron chi connectivity index (χ4n) is 2.72. The normalized spacial score (nSPS) is 11.3. The van der Waals surface area contributed by atoms with Gasteiger partial charge >= 0.3 is 0 Å². The largest absolute Gasteiger partial charge is 0.338 e. The Kier molecular flexibility index (Phi) is 3.47. The van der Waals surface area contributed by atoms with Gasteiger partial charge in [0.15, 0.2) is 5.82 Å². The van der Waals surface area contributed by atoms with Gasteiger partial charge in [-0.3, -0.25) is 0 Å². The first kappa shape index (κ1) is 14.1. The molecule has 0 unspecified atom stereocenters. The highest BCUT2D eigenvalue weighted by molar-refractivity contribution is 5.91. The molecule has 0 spiro atoms. The Labute approximate surface area is 138 Å². The highest BCUT2D eigenvalue weighted by Crippen LogP contribution is 2.25. The van der Waals surface area contributed by atoms with Crippen molar-refractivity contribution in [2.45, 2.75) is 0 Å². The minimum Gasteiger partial charge on any atom is -0.338 e. The average Bonchev–Trinajstić information content (AvgIpc) is 3.11. The number of fused-ring (bicyclic) bond motifs is 3. The molecule has 0 radical (unpaired) electrons. The Morgan fingerprint density at radius 3 is 2.71 bits per heavy atom. The third-order valence-corrected chi connectivity index (χ3v) is 3.78. The fraction of sp³-hybridized carbons (Fsp3) is 0. The van der Waals surface area contributed by atoms with Gasteiger partial charge in [0.05, 0.1) is 22.8 Å². The maximum atomic E-state index is 6.76. The van der Waals surface area contributed by atoms with Crippen molar-refractivity contribution < 1.29 is 0 Å². The quantitative estimate of drug-likeness (QED) is 0.328. The van der Waals surface area contributed by atoms with Crippen LogP contribution in [0.5, 0.6) is 0 Å². The van der Waals surface area contributed by atoms with Crippen molar-refractivity contribution in [3.8, 4) is 0 Å². The van der Waals surface area contributed by atoms with Crippen molar-refractivity contribution in [1.82, 2.24) is 9.38 Å². The average molecular weight is 314 g/mol. The van der Waals surface area contributed by atoms with E-state index in [9.17, 15) is 0 Å². The lowest BCUT2D eigenvalue weighted by Gasteiger charge is -2.11. The minimum atomic E-state index is 0.790. The minimum absolute atomic E-state index is 0.790. The number of hydrogen-bond acceptors (Lipinski definition) is 4. The smallest absolute Gasteiger partial charge is 0.155 e. The SMILES string of the molecule is N=NN=Cc1ccc2c(c1)nc(Nc1ccccc1)c1cccn12. The summed E-state index contributed by atoms with van der Waals surface area (Å²) in [5.74, 6) is 0.790. The molecule has 2 N–H and O–H groups in total. The molecule has 2 aromatic heterocycles. The Morgan fingerprint density at radius 1 is 1.00 bits per heavy atom. The predicted octanol–water partition coefficient (Wildman–Crippen LogP) is 4.60. The van der Waals surface area contributed by atoms with Gasteiger partial charge in [0, 0.05) is 11.9 Å². The van der Waals surface area contributed by atoms with Crippen LogP contribution in [0.3, 0.4) is 0 Å². The molecule has 0 aliphatic rings. The Balaban J connectivity index is 1.89. The van der Waals surface area contributed by atoms with E-state index in [-0.39, 0.29) is 0 Å². The molecule has 0 amide bonds. The van der Waals surface area contributed by atoms with Crippen LogP contribution in [0.1, 0.15) is 5.56 Å². The number of nitrogens with one attached hydrogen (secondary N) is 2. The number of anilines is 2. The van der Waals surface area contributed by atoms with E-state index in [0.29, 0.717) is 0 Å². The number of hydrogen-bond donors (Lipinski definition) is 2. The second-order valence-corrected chi connectivity index (χ2v) is 5.31. The maximum absolute atomic E-state index is 6.76. The van der Waals surface area contributed by atoms with Gasteiger partial charge in [-0.05, 0) is 42.0 Å². The van der Waals surface area contributed by atoms with Crippen LogP contribution in [0.2, 0.25) is 0 Å². The van der Waals surface area contributed by atoms with E-state index in [1.165, 1.54) is 6.21 Å². The maximum Gasteiger partial charge on any atom is 0.155 e.